The molecule has 0 bridgehead atoms. The van der Waals surface area contributed by atoms with Gasteiger partial charge in [0.05, 0.1) is 5.69 Å². The number of carbonyl (C=O) groups excluding carboxylic acids is 1. The summed E-state index contributed by atoms with van der Waals surface area (Å²) in [4.78, 5) is 16.9. The number of hydrogen-bond acceptors (Lipinski definition) is 5. The van der Waals surface area contributed by atoms with E-state index in [-0.39, 0.29) is 18.3 Å². The Labute approximate surface area is 175 Å². The van der Waals surface area contributed by atoms with E-state index >= 15 is 0 Å². The lowest BCUT2D eigenvalue weighted by molar-refractivity contribution is 0.103. The quantitative estimate of drug-likeness (QED) is 0.229. The van der Waals surface area contributed by atoms with Crippen LogP contribution in [-0.2, 0) is 5.41 Å². The third-order valence-electron chi connectivity index (χ3n) is 4.88. The largest absolute Gasteiger partial charge is 0.396 e. The van der Waals surface area contributed by atoms with Crippen LogP contribution in [0.25, 0.3) is 0 Å². The average Bonchev–Trinajstić information content (AvgIpc) is 3.23. The van der Waals surface area contributed by atoms with Crippen LogP contribution < -0.4 is 11.1 Å². The molecule has 3 aromatic rings. The van der Waals surface area contributed by atoms with Crippen molar-refractivity contribution >= 4 is 17.6 Å². The minimum Gasteiger partial charge on any atom is -0.396 e. The number of rotatable bonds is 8. The number of aliphatic hydroxyl groups is 1. The van der Waals surface area contributed by atoms with Gasteiger partial charge in [-0.25, -0.2) is 0 Å². The molecule has 0 saturated carbocycles. The molecule has 0 unspecified atom stereocenters. The monoisotopic (exact) mass is 406 g/mol. The van der Waals surface area contributed by atoms with Crippen molar-refractivity contribution in [3.05, 3.63) is 83.0 Å². The summed E-state index contributed by atoms with van der Waals surface area (Å²) < 4.78 is 5.36. The predicted octanol–water partition coefficient (Wildman–Crippen LogP) is 3.34. The van der Waals surface area contributed by atoms with E-state index in [1.807, 2.05) is 68.4 Å². The molecular formula is C23H26N4O3. The number of anilines is 1. The number of aromatic nitrogens is 1. The minimum atomic E-state index is -0.501. The molecule has 3 rings (SSSR count). The number of guanidine groups is 1. The average molecular weight is 406 g/mol. The Hall–Kier alpha value is -3.45. The van der Waals surface area contributed by atoms with Crippen LogP contribution >= 0.6 is 0 Å². The predicted molar refractivity (Wildman–Crippen MR) is 117 cm³/mol. The van der Waals surface area contributed by atoms with Gasteiger partial charge in [0.1, 0.15) is 0 Å². The van der Waals surface area contributed by atoms with Crippen LogP contribution in [0.4, 0.5) is 5.88 Å². The molecule has 2 aromatic carbocycles. The summed E-state index contributed by atoms with van der Waals surface area (Å²) in [5.41, 5.74) is 8.22. The highest BCUT2D eigenvalue weighted by Crippen LogP contribution is 2.32. The molecule has 0 aliphatic carbocycles. The number of nitrogens with one attached hydrogen (secondary N) is 1. The van der Waals surface area contributed by atoms with Gasteiger partial charge in [-0.1, -0.05) is 67.5 Å². The van der Waals surface area contributed by atoms with Crippen molar-refractivity contribution in [1.82, 2.24) is 5.16 Å². The Morgan fingerprint density at radius 1 is 1.13 bits per heavy atom. The first-order chi connectivity index (χ1) is 14.4. The van der Waals surface area contributed by atoms with Gasteiger partial charge in [-0.05, 0) is 18.1 Å². The van der Waals surface area contributed by atoms with Gasteiger partial charge in [0, 0.05) is 35.8 Å². The molecule has 1 heterocycles. The molecule has 4 N–H and O–H groups in total. The second-order valence-corrected chi connectivity index (χ2v) is 7.45. The van der Waals surface area contributed by atoms with Gasteiger partial charge in [-0.2, -0.15) is 0 Å². The molecule has 156 valence electrons. The van der Waals surface area contributed by atoms with Crippen molar-refractivity contribution in [3.63, 3.8) is 0 Å². The molecule has 0 amide bonds. The van der Waals surface area contributed by atoms with E-state index in [4.69, 9.17) is 15.4 Å². The van der Waals surface area contributed by atoms with Crippen molar-refractivity contribution in [3.8, 4) is 0 Å². The van der Waals surface area contributed by atoms with E-state index in [1.54, 1.807) is 6.07 Å². The fraction of sp³-hybridized carbons (Fsp3) is 0.261. The molecule has 7 heteroatoms. The lowest BCUT2D eigenvalue weighted by atomic mass is 9.80. The van der Waals surface area contributed by atoms with Crippen LogP contribution in [0.5, 0.6) is 0 Å². The summed E-state index contributed by atoms with van der Waals surface area (Å²) in [6.07, 6.45) is 0.537. The summed E-state index contributed by atoms with van der Waals surface area (Å²) in [6.45, 7) is 4.51. The Balaban J connectivity index is 1.80. The first-order valence-electron chi connectivity index (χ1n) is 9.77. The maximum Gasteiger partial charge on any atom is 0.231 e. The van der Waals surface area contributed by atoms with Crippen molar-refractivity contribution in [1.29, 1.82) is 0 Å². The lowest BCUT2D eigenvalue weighted by Crippen LogP contribution is -2.23. The van der Waals surface area contributed by atoms with E-state index in [2.05, 4.69) is 15.5 Å². The van der Waals surface area contributed by atoms with Gasteiger partial charge in [-0.3, -0.25) is 15.1 Å². The molecule has 0 atom stereocenters. The molecule has 1 aromatic heterocycles. The van der Waals surface area contributed by atoms with E-state index in [0.717, 1.165) is 5.56 Å². The summed E-state index contributed by atoms with van der Waals surface area (Å²) in [6, 6.07) is 18.5. The highest BCUT2D eigenvalue weighted by Gasteiger charge is 2.28. The number of hydrogen-bond donors (Lipinski definition) is 3. The normalized spacial score (nSPS) is 12.0. The number of nitrogens with two attached hydrogens (primary N) is 1. The van der Waals surface area contributed by atoms with E-state index in [0.29, 0.717) is 35.7 Å². The SMILES string of the molecule is CC(C)(c1cccc(C(=O)c2ccccc2)c1)c1cc(NC(N)=NCCCO)on1. The molecule has 0 radical (unpaired) electrons. The van der Waals surface area contributed by atoms with Crippen LogP contribution in [0, 0.1) is 0 Å². The van der Waals surface area contributed by atoms with Crippen LogP contribution in [0.1, 0.15) is 47.4 Å². The van der Waals surface area contributed by atoms with E-state index < -0.39 is 5.41 Å². The number of carbonyl (C=O) groups is 1. The van der Waals surface area contributed by atoms with Crippen molar-refractivity contribution in [2.75, 3.05) is 18.5 Å². The fourth-order valence-corrected chi connectivity index (χ4v) is 3.02. The summed E-state index contributed by atoms with van der Waals surface area (Å²) in [5.74, 6) is 0.543. The van der Waals surface area contributed by atoms with E-state index in [1.165, 1.54) is 0 Å². The smallest absolute Gasteiger partial charge is 0.231 e. The van der Waals surface area contributed by atoms with Gasteiger partial charge in [0.2, 0.25) is 5.88 Å². The van der Waals surface area contributed by atoms with Gasteiger partial charge in [0.25, 0.3) is 0 Å². The highest BCUT2D eigenvalue weighted by atomic mass is 16.5. The summed E-state index contributed by atoms with van der Waals surface area (Å²) in [5, 5.41) is 15.8. The third kappa shape index (κ3) is 4.93. The zero-order valence-corrected chi connectivity index (χ0v) is 17.1. The Morgan fingerprint density at radius 3 is 2.60 bits per heavy atom. The lowest BCUT2D eigenvalue weighted by Gasteiger charge is -2.22. The van der Waals surface area contributed by atoms with Gasteiger partial charge in [-0.15, -0.1) is 0 Å². The third-order valence-corrected chi connectivity index (χ3v) is 4.88. The molecule has 0 fully saturated rings. The molecule has 0 saturated heterocycles. The molecule has 0 aliphatic rings. The second-order valence-electron chi connectivity index (χ2n) is 7.45. The zero-order chi connectivity index (χ0) is 21.6. The van der Waals surface area contributed by atoms with Gasteiger partial charge in [0.15, 0.2) is 11.7 Å². The number of aliphatic imine (C=N–C) groups is 1. The Bertz CT molecular complexity index is 1030. The fourth-order valence-electron chi connectivity index (χ4n) is 3.02. The molecule has 0 spiro atoms. The maximum atomic E-state index is 12.8. The van der Waals surface area contributed by atoms with Crippen LogP contribution in [-0.4, -0.2) is 35.2 Å². The molecular weight excluding hydrogens is 380 g/mol. The number of ketones is 1. The van der Waals surface area contributed by atoms with Crippen molar-refractivity contribution in [2.24, 2.45) is 10.7 Å². The van der Waals surface area contributed by atoms with Crippen LogP contribution in [0.3, 0.4) is 0 Å². The standard InChI is InChI=1S/C23H26N4O3/c1-23(2,19-15-20(30-27-19)26-22(24)25-12-7-13-28)18-11-6-10-17(14-18)21(29)16-8-4-3-5-9-16/h3-6,8-11,14-15,28H,7,12-13H2,1-2H3,(H3,24,25,26). The topological polar surface area (TPSA) is 114 Å². The maximum absolute atomic E-state index is 12.8. The molecule has 7 nitrogen and oxygen atoms in total. The number of benzene rings is 2. The van der Waals surface area contributed by atoms with Crippen molar-refractivity contribution in [2.45, 2.75) is 25.7 Å². The van der Waals surface area contributed by atoms with Crippen LogP contribution in [0.15, 0.2) is 70.2 Å². The number of aliphatic hydroxyl groups excluding tert-OH is 1. The first-order valence-corrected chi connectivity index (χ1v) is 9.77. The number of nitrogens with zero attached hydrogens (tertiary/aromatic N) is 2. The van der Waals surface area contributed by atoms with Gasteiger partial charge >= 0.3 is 0 Å². The Morgan fingerprint density at radius 2 is 1.87 bits per heavy atom. The van der Waals surface area contributed by atoms with Gasteiger partial charge < -0.3 is 15.4 Å². The van der Waals surface area contributed by atoms with Crippen LogP contribution in [0.2, 0.25) is 0 Å². The highest BCUT2D eigenvalue weighted by molar-refractivity contribution is 6.09. The Kier molecular flexibility index (Phi) is 6.64. The van der Waals surface area contributed by atoms with Crippen molar-refractivity contribution < 1.29 is 14.4 Å². The summed E-state index contributed by atoms with van der Waals surface area (Å²) in [7, 11) is 0. The van der Waals surface area contributed by atoms with E-state index in [9.17, 15) is 4.79 Å². The molecule has 0 aliphatic heterocycles. The molecule has 30 heavy (non-hydrogen) atoms. The first kappa shape index (κ1) is 21.3. The zero-order valence-electron chi connectivity index (χ0n) is 17.1. The summed E-state index contributed by atoms with van der Waals surface area (Å²) >= 11 is 0. The second kappa shape index (κ2) is 9.37. The minimum absolute atomic E-state index is 0.0253.